The number of rotatable bonds is 2. The van der Waals surface area contributed by atoms with Crippen LogP contribution in [0.5, 0.6) is 0 Å². The summed E-state index contributed by atoms with van der Waals surface area (Å²) < 4.78 is 0. The molecule has 67 heavy (non-hydrogen) atoms. The Morgan fingerprint density at radius 2 is 0.358 bits per heavy atom. The van der Waals surface area contributed by atoms with Crippen LogP contribution in [0.2, 0.25) is 0 Å². The standard InChI is InChI=1S/C13H24.6C6H12.8CH3.4ClH.4Mo.2H2O/c1-13(2,11-7-3-4-8-11)12-9-5-6-10-12;6*1-6-4-2-3-5-6;;;;;;;;;;;;;;;;;;/h11-12H,3-10H2,1-2H3;6*6H,2-5H2,1H3;8*1H3;4*1H;;;;;2*1H2/q;;;;;;;8*-1;;;;;4*+2;;/p-4. The molecule has 0 bridgehead atoms. The van der Waals surface area contributed by atoms with Crippen LogP contribution in [0.4, 0.5) is 0 Å². The summed E-state index contributed by atoms with van der Waals surface area (Å²) in [5, 5.41) is 0. The van der Waals surface area contributed by atoms with Gasteiger partial charge in [-0.15, -0.1) is 0 Å². The van der Waals surface area contributed by atoms with Gasteiger partial charge in [-0.25, -0.2) is 0 Å². The van der Waals surface area contributed by atoms with Gasteiger partial charge in [-0.05, 0) is 78.4 Å². The van der Waals surface area contributed by atoms with Gasteiger partial charge in [-0.3, -0.25) is 0 Å². The largest absolute Gasteiger partial charge is 2.00 e. The minimum Gasteiger partial charge on any atom is 2.00 e. The molecule has 0 aromatic heterocycles. The maximum atomic E-state index is 4.89. The van der Waals surface area contributed by atoms with Crippen molar-refractivity contribution in [3.8, 4) is 0 Å². The van der Waals surface area contributed by atoms with Crippen molar-refractivity contribution in [2.45, 2.75) is 261 Å². The van der Waals surface area contributed by atoms with Gasteiger partial charge in [0.15, 0.2) is 0 Å². The predicted molar refractivity (Wildman–Crippen MR) is 305 cm³/mol. The first-order valence-electron chi connectivity index (χ1n) is 24.2. The van der Waals surface area contributed by atoms with Gasteiger partial charge in [0.1, 0.15) is 0 Å². The van der Waals surface area contributed by atoms with Gasteiger partial charge in [0.05, 0.1) is 0 Å². The monoisotopic (exact) mass is 1370 g/mol. The normalized spacial score (nSPS) is 19.5. The molecule has 2 nitrogen and oxygen atoms in total. The minimum atomic E-state index is -0.586. The number of halogens is 4. The molecule has 0 saturated heterocycles. The Hall–Kier alpha value is 3.83. The zero-order valence-electron chi connectivity index (χ0n) is 47.9. The topological polar surface area (TPSA) is 63.0 Å². The molecule has 0 amide bonds. The summed E-state index contributed by atoms with van der Waals surface area (Å²) in [6.07, 6.45) is 47.8. The van der Waals surface area contributed by atoms with E-state index in [2.05, 4.69) is 55.4 Å². The first-order valence-corrected chi connectivity index (χ1v) is 34.5. The first kappa shape index (κ1) is 103. The van der Waals surface area contributed by atoms with E-state index in [-0.39, 0.29) is 112 Å². The molecule has 4 N–H and O–H groups in total. The Balaban J connectivity index is -0.0000000448. The van der Waals surface area contributed by atoms with Crippen LogP contribution in [0.15, 0.2) is 0 Å². The number of hydrogen-bond donors (Lipinski definition) is 0. The van der Waals surface area contributed by atoms with Gasteiger partial charge >= 0.3 is 113 Å². The van der Waals surface area contributed by atoms with Gasteiger partial charge in [0, 0.05) is 0 Å². The van der Waals surface area contributed by atoms with Crippen molar-refractivity contribution in [1.82, 2.24) is 0 Å². The van der Waals surface area contributed by atoms with Crippen LogP contribution in [0, 0.1) is 112 Å². The maximum absolute atomic E-state index is 4.89. The third kappa shape index (κ3) is 62.3. The van der Waals surface area contributed by atoms with E-state index < -0.39 is 33.0 Å². The fraction of sp³-hybridized carbons (Fsp3) is 0.860. The van der Waals surface area contributed by atoms with Crippen molar-refractivity contribution in [1.29, 1.82) is 0 Å². The van der Waals surface area contributed by atoms with Crippen LogP contribution in [-0.4, -0.2) is 11.0 Å². The van der Waals surface area contributed by atoms with Crippen molar-refractivity contribution in [3.05, 3.63) is 59.4 Å². The van der Waals surface area contributed by atoms with E-state index in [1.807, 2.05) is 0 Å². The SMILES string of the molecule is CC(C)(C1CCCC1)C1CCCC1.CC1CCCC1.CC1CCCC1.CC1CCCC1.CC1CCCC1.CC1CCCC1.CC1CCCC1.O.O.[CH3-].[CH3-].[CH3-].[CH3-].[CH3-].[CH3-].[CH3-].[CH3-].[Cl][Mo][Cl].[Cl][Mo][Cl].[Mo+2].[Mo+2]. The molecule has 8 aliphatic carbocycles. The Bertz CT molecular complexity index is 643. The molecule has 0 aromatic carbocycles. The summed E-state index contributed by atoms with van der Waals surface area (Å²) in [4.78, 5) is 0. The van der Waals surface area contributed by atoms with Crippen molar-refractivity contribution in [2.24, 2.45) is 52.8 Å². The molecule has 8 rings (SSSR count). The van der Waals surface area contributed by atoms with E-state index in [4.69, 9.17) is 37.7 Å². The third-order valence-corrected chi connectivity index (χ3v) is 14.7. The Labute approximate surface area is 491 Å². The van der Waals surface area contributed by atoms with Crippen molar-refractivity contribution >= 4 is 37.7 Å². The van der Waals surface area contributed by atoms with Gasteiger partial charge in [-0.1, -0.05) is 235 Å². The van der Waals surface area contributed by atoms with Crippen molar-refractivity contribution in [2.75, 3.05) is 0 Å². The van der Waals surface area contributed by atoms with Crippen LogP contribution in [0.25, 0.3) is 0 Å². The first-order chi connectivity index (χ1) is 26.4. The smallest absolute Gasteiger partial charge is 2.00 e. The number of hydrogen-bond acceptors (Lipinski definition) is 0. The molecule has 0 unspecified atom stereocenters. The molecule has 0 atom stereocenters. The molecule has 10 heteroatoms. The average Bonchev–Trinajstić information content (AvgIpc) is 4.00. The minimum absolute atomic E-state index is 0. The Morgan fingerprint density at radius 3 is 0.433 bits per heavy atom. The third-order valence-electron chi connectivity index (χ3n) is 14.7. The zero-order chi connectivity index (χ0) is 41.2. The molecule has 8 aliphatic rings. The molecular formula is C57H124Cl4Mo4O2-4. The molecule has 8 saturated carbocycles. The molecule has 0 radical (unpaired) electrons. The molecule has 0 aromatic rings. The summed E-state index contributed by atoms with van der Waals surface area (Å²) in [7, 11) is 19.6. The van der Waals surface area contributed by atoms with E-state index in [0.717, 1.165) is 47.3 Å². The second-order valence-electron chi connectivity index (χ2n) is 20.2. The van der Waals surface area contributed by atoms with Crippen molar-refractivity contribution < 1.29 is 86.0 Å². The molecule has 8 fully saturated rings. The van der Waals surface area contributed by atoms with Crippen LogP contribution in [0.3, 0.4) is 0 Å². The van der Waals surface area contributed by atoms with E-state index in [1.54, 1.807) is 0 Å². The van der Waals surface area contributed by atoms with Crippen LogP contribution in [-0.2, 0) is 75.1 Å². The second-order valence-corrected chi connectivity index (χ2v) is 26.3. The quantitative estimate of drug-likeness (QED) is 0.195. The van der Waals surface area contributed by atoms with E-state index >= 15 is 0 Å². The average molecular weight is 1370 g/mol. The van der Waals surface area contributed by atoms with Gasteiger partial charge in [0.25, 0.3) is 0 Å². The second kappa shape index (κ2) is 71.9. The fourth-order valence-electron chi connectivity index (χ4n) is 10.5. The molecule has 0 heterocycles. The summed E-state index contributed by atoms with van der Waals surface area (Å²) in [6.45, 7) is 19.1. The van der Waals surface area contributed by atoms with Crippen LogP contribution in [0.1, 0.15) is 261 Å². The predicted octanol–water partition coefficient (Wildman–Crippen LogP) is 22.3. The van der Waals surface area contributed by atoms with Gasteiger partial charge in [0.2, 0.25) is 0 Å². The summed E-state index contributed by atoms with van der Waals surface area (Å²) in [6, 6.07) is 0. The zero-order valence-corrected chi connectivity index (χ0v) is 58.9. The summed E-state index contributed by atoms with van der Waals surface area (Å²) >= 11 is -1.17. The molecular weight excluding hydrogens is 1240 g/mol. The molecule has 0 aliphatic heterocycles. The van der Waals surface area contributed by atoms with Gasteiger partial charge < -0.3 is 70.4 Å². The molecule has 0 spiro atoms. The maximum Gasteiger partial charge on any atom is 2.00 e. The fourth-order valence-corrected chi connectivity index (χ4v) is 10.5. The van der Waals surface area contributed by atoms with E-state index in [1.165, 1.54) is 205 Å². The van der Waals surface area contributed by atoms with Crippen molar-refractivity contribution in [3.63, 3.8) is 0 Å². The summed E-state index contributed by atoms with van der Waals surface area (Å²) in [5.41, 5.74) is 0.660. The molecule has 420 valence electrons. The van der Waals surface area contributed by atoms with E-state index in [0.29, 0.717) is 5.41 Å². The Morgan fingerprint density at radius 1 is 0.269 bits per heavy atom. The van der Waals surface area contributed by atoms with Gasteiger partial charge in [-0.2, -0.15) is 0 Å². The summed E-state index contributed by atoms with van der Waals surface area (Å²) in [5.74, 6) is 8.38. The van der Waals surface area contributed by atoms with E-state index in [9.17, 15) is 0 Å². The van der Waals surface area contributed by atoms with Crippen LogP contribution >= 0.6 is 37.7 Å². The Kier molecular flexibility index (Phi) is 111. The van der Waals surface area contributed by atoms with Crippen LogP contribution < -0.4 is 0 Å².